The molecule has 1 aliphatic rings. The molecule has 150 valence electrons. The molecule has 0 fully saturated rings. The Hall–Kier alpha value is -3.49. The van der Waals surface area contributed by atoms with Crippen molar-refractivity contribution in [3.63, 3.8) is 0 Å². The smallest absolute Gasteiger partial charge is 0.257 e. The Kier molecular flexibility index (Phi) is 5.87. The first-order chi connectivity index (χ1) is 14.7. The molecule has 0 aromatic heterocycles. The predicted octanol–water partition coefficient (Wildman–Crippen LogP) is 4.36. The second-order valence-electron chi connectivity index (χ2n) is 7.62. The molecule has 1 atom stereocenters. The van der Waals surface area contributed by atoms with Crippen LogP contribution in [0.2, 0.25) is 0 Å². The van der Waals surface area contributed by atoms with Gasteiger partial charge in [0.1, 0.15) is 0 Å². The average molecular weight is 396 g/mol. The maximum absolute atomic E-state index is 13.1. The molecule has 4 rings (SSSR count). The summed E-state index contributed by atoms with van der Waals surface area (Å²) >= 11 is 0. The fourth-order valence-corrected chi connectivity index (χ4v) is 3.84. The SMILES string of the molecule is CN(CCC#N)CC(=O)N1N=C(c2ccc3ccccc3c2)CC1c1ccccc1. The number of carbonyl (C=O) groups excluding carboxylic acids is 1. The fraction of sp³-hybridized carbons (Fsp3) is 0.240. The van der Waals surface area contributed by atoms with E-state index < -0.39 is 0 Å². The summed E-state index contributed by atoms with van der Waals surface area (Å²) in [7, 11) is 1.86. The van der Waals surface area contributed by atoms with Crippen molar-refractivity contribution in [2.75, 3.05) is 20.1 Å². The van der Waals surface area contributed by atoms with Gasteiger partial charge in [-0.15, -0.1) is 0 Å². The van der Waals surface area contributed by atoms with E-state index in [1.165, 1.54) is 5.39 Å². The molecule has 3 aromatic carbocycles. The largest absolute Gasteiger partial charge is 0.297 e. The van der Waals surface area contributed by atoms with Crippen LogP contribution in [0.5, 0.6) is 0 Å². The number of fused-ring (bicyclic) bond motifs is 1. The number of carbonyl (C=O) groups is 1. The molecule has 1 heterocycles. The van der Waals surface area contributed by atoms with Gasteiger partial charge in [-0.2, -0.15) is 10.4 Å². The first-order valence-electron chi connectivity index (χ1n) is 10.1. The second kappa shape index (κ2) is 8.89. The minimum Gasteiger partial charge on any atom is -0.297 e. The number of rotatable bonds is 6. The average Bonchev–Trinajstić information content (AvgIpc) is 3.24. The molecule has 0 saturated heterocycles. The standard InChI is InChI=1S/C25H24N4O/c1-28(15-7-14-26)18-25(30)29-24(20-9-3-2-4-10-20)17-23(27-29)22-13-12-19-8-5-6-11-21(19)16-22/h2-6,8-13,16,24H,7,15,17-18H2,1H3. The Labute approximate surface area is 176 Å². The van der Waals surface area contributed by atoms with Crippen LogP contribution in [0.3, 0.4) is 0 Å². The highest BCUT2D eigenvalue weighted by Gasteiger charge is 2.33. The third-order valence-corrected chi connectivity index (χ3v) is 5.44. The van der Waals surface area contributed by atoms with Crippen LogP contribution < -0.4 is 0 Å². The van der Waals surface area contributed by atoms with Gasteiger partial charge in [0.05, 0.1) is 24.4 Å². The van der Waals surface area contributed by atoms with E-state index in [0.29, 0.717) is 19.4 Å². The van der Waals surface area contributed by atoms with Gasteiger partial charge in [-0.05, 0) is 35.0 Å². The van der Waals surface area contributed by atoms with E-state index in [4.69, 9.17) is 10.4 Å². The molecule has 0 saturated carbocycles. The van der Waals surface area contributed by atoms with E-state index in [-0.39, 0.29) is 18.5 Å². The Bertz CT molecular complexity index is 1120. The van der Waals surface area contributed by atoms with Crippen LogP contribution >= 0.6 is 0 Å². The highest BCUT2D eigenvalue weighted by atomic mass is 16.2. The van der Waals surface area contributed by atoms with Crippen LogP contribution in [0.25, 0.3) is 10.8 Å². The van der Waals surface area contributed by atoms with E-state index in [9.17, 15) is 4.79 Å². The van der Waals surface area contributed by atoms with Gasteiger partial charge in [-0.25, -0.2) is 5.01 Å². The summed E-state index contributed by atoms with van der Waals surface area (Å²) in [6, 6.07) is 26.6. The number of hydrogen-bond donors (Lipinski definition) is 0. The lowest BCUT2D eigenvalue weighted by molar-refractivity contribution is -0.133. The summed E-state index contributed by atoms with van der Waals surface area (Å²) < 4.78 is 0. The molecule has 5 heteroatoms. The topological polar surface area (TPSA) is 59.7 Å². The van der Waals surface area contributed by atoms with Gasteiger partial charge in [0.15, 0.2) is 0 Å². The Morgan fingerprint density at radius 2 is 1.83 bits per heavy atom. The molecule has 0 radical (unpaired) electrons. The molecular formula is C25H24N4O. The number of nitrogens with zero attached hydrogens (tertiary/aromatic N) is 4. The van der Waals surface area contributed by atoms with Gasteiger partial charge in [0.2, 0.25) is 0 Å². The van der Waals surface area contributed by atoms with Gasteiger partial charge >= 0.3 is 0 Å². The Morgan fingerprint density at radius 3 is 2.60 bits per heavy atom. The number of amides is 1. The molecule has 5 nitrogen and oxygen atoms in total. The molecule has 0 spiro atoms. The van der Waals surface area contributed by atoms with E-state index in [1.54, 1.807) is 5.01 Å². The summed E-state index contributed by atoms with van der Waals surface area (Å²) in [5.41, 5.74) is 3.04. The highest BCUT2D eigenvalue weighted by Crippen LogP contribution is 2.33. The fourth-order valence-electron chi connectivity index (χ4n) is 3.84. The normalized spacial score (nSPS) is 16.0. The van der Waals surface area contributed by atoms with Crippen molar-refractivity contribution < 1.29 is 4.79 Å². The molecular weight excluding hydrogens is 372 g/mol. The van der Waals surface area contributed by atoms with Crippen molar-refractivity contribution in [3.8, 4) is 6.07 Å². The Morgan fingerprint density at radius 1 is 1.10 bits per heavy atom. The van der Waals surface area contributed by atoms with E-state index in [0.717, 1.165) is 22.2 Å². The third-order valence-electron chi connectivity index (χ3n) is 5.44. The van der Waals surface area contributed by atoms with E-state index in [2.05, 4.69) is 36.4 Å². The van der Waals surface area contributed by atoms with Crippen LogP contribution in [0.1, 0.15) is 30.0 Å². The summed E-state index contributed by atoms with van der Waals surface area (Å²) in [5.74, 6) is -0.0555. The van der Waals surface area contributed by atoms with Gasteiger partial charge < -0.3 is 0 Å². The van der Waals surface area contributed by atoms with Crippen LogP contribution in [-0.4, -0.2) is 41.7 Å². The lowest BCUT2D eigenvalue weighted by Gasteiger charge is -2.24. The van der Waals surface area contributed by atoms with Crippen molar-refractivity contribution in [3.05, 3.63) is 83.9 Å². The second-order valence-corrected chi connectivity index (χ2v) is 7.62. The van der Waals surface area contributed by atoms with Crippen LogP contribution in [0, 0.1) is 11.3 Å². The minimum absolute atomic E-state index is 0.0555. The minimum atomic E-state index is -0.121. The molecule has 1 amide bonds. The van der Waals surface area contributed by atoms with Gasteiger partial charge in [0, 0.05) is 19.4 Å². The monoisotopic (exact) mass is 396 g/mol. The zero-order valence-electron chi connectivity index (χ0n) is 17.0. The Balaban J connectivity index is 1.63. The van der Waals surface area contributed by atoms with Gasteiger partial charge in [-0.3, -0.25) is 9.69 Å². The van der Waals surface area contributed by atoms with Crippen LogP contribution in [-0.2, 0) is 4.79 Å². The first kappa shape index (κ1) is 19.8. The summed E-state index contributed by atoms with van der Waals surface area (Å²) in [5, 5.41) is 17.5. The summed E-state index contributed by atoms with van der Waals surface area (Å²) in [4.78, 5) is 15.0. The van der Waals surface area contributed by atoms with Crippen LogP contribution in [0.15, 0.2) is 77.9 Å². The van der Waals surface area contributed by atoms with Crippen molar-refractivity contribution >= 4 is 22.4 Å². The molecule has 3 aromatic rings. The van der Waals surface area contributed by atoms with Gasteiger partial charge in [0.25, 0.3) is 5.91 Å². The predicted molar refractivity (Wildman–Crippen MR) is 119 cm³/mol. The molecule has 1 unspecified atom stereocenters. The maximum Gasteiger partial charge on any atom is 0.257 e. The number of nitriles is 1. The molecule has 0 aliphatic carbocycles. The number of benzene rings is 3. The summed E-state index contributed by atoms with van der Waals surface area (Å²) in [6.45, 7) is 0.798. The molecule has 30 heavy (non-hydrogen) atoms. The summed E-state index contributed by atoms with van der Waals surface area (Å²) in [6.07, 6.45) is 1.08. The van der Waals surface area contributed by atoms with Crippen molar-refractivity contribution in [1.82, 2.24) is 9.91 Å². The molecule has 1 aliphatic heterocycles. The number of likely N-dealkylation sites (N-methyl/N-ethyl adjacent to an activating group) is 1. The van der Waals surface area contributed by atoms with E-state index >= 15 is 0 Å². The van der Waals surface area contributed by atoms with E-state index in [1.807, 2.05) is 54.4 Å². The zero-order chi connectivity index (χ0) is 20.9. The van der Waals surface area contributed by atoms with Crippen molar-refractivity contribution in [2.45, 2.75) is 18.9 Å². The lowest BCUT2D eigenvalue weighted by Crippen LogP contribution is -2.36. The highest BCUT2D eigenvalue weighted by molar-refractivity contribution is 6.05. The number of hydrogen-bond acceptors (Lipinski definition) is 4. The zero-order valence-corrected chi connectivity index (χ0v) is 17.0. The third kappa shape index (κ3) is 4.24. The quantitative estimate of drug-likeness (QED) is 0.622. The first-order valence-corrected chi connectivity index (χ1v) is 10.1. The van der Waals surface area contributed by atoms with Crippen molar-refractivity contribution in [2.24, 2.45) is 5.10 Å². The van der Waals surface area contributed by atoms with Gasteiger partial charge in [-0.1, -0.05) is 66.7 Å². The molecule has 0 N–H and O–H groups in total. The van der Waals surface area contributed by atoms with Crippen LogP contribution in [0.4, 0.5) is 0 Å². The number of hydrazone groups is 1. The maximum atomic E-state index is 13.1. The molecule has 0 bridgehead atoms. The van der Waals surface area contributed by atoms with Crippen molar-refractivity contribution in [1.29, 1.82) is 5.26 Å². The lowest BCUT2D eigenvalue weighted by atomic mass is 9.97.